The highest BCUT2D eigenvalue weighted by Crippen LogP contribution is 2.71. The quantitative estimate of drug-likeness (QED) is 0.593. The van der Waals surface area contributed by atoms with E-state index in [1.54, 1.807) is 6.92 Å². The lowest BCUT2D eigenvalue weighted by Crippen LogP contribution is -2.62. The molecule has 0 aromatic rings. The van der Waals surface area contributed by atoms with Gasteiger partial charge in [-0.3, -0.25) is 4.79 Å². The van der Waals surface area contributed by atoms with Crippen LogP contribution in [0.5, 0.6) is 0 Å². The lowest BCUT2D eigenvalue weighted by Gasteiger charge is -2.45. The summed E-state index contributed by atoms with van der Waals surface area (Å²) in [5.41, 5.74) is -1.98. The largest absolute Gasteiger partial charge is 0.390 e. The normalized spacial score (nSPS) is 57.0. The van der Waals surface area contributed by atoms with Gasteiger partial charge in [0.05, 0.1) is 11.5 Å². The molecule has 3 N–H and O–H groups in total. The zero-order valence-corrected chi connectivity index (χ0v) is 14.4. The number of aliphatic hydroxyl groups is 3. The number of hydrogen-bond donors (Lipinski definition) is 3. The summed E-state index contributed by atoms with van der Waals surface area (Å²) in [5, 5.41) is 32.9. The van der Waals surface area contributed by atoms with Crippen molar-refractivity contribution in [3.8, 4) is 0 Å². The molecular formula is C19H28O4. The Balaban J connectivity index is 1.92. The molecule has 0 aromatic carbocycles. The van der Waals surface area contributed by atoms with Crippen molar-refractivity contribution in [3.05, 3.63) is 11.6 Å². The zero-order chi connectivity index (χ0) is 16.9. The molecule has 4 nitrogen and oxygen atoms in total. The monoisotopic (exact) mass is 320 g/mol. The van der Waals surface area contributed by atoms with Gasteiger partial charge < -0.3 is 15.3 Å². The van der Waals surface area contributed by atoms with E-state index in [-0.39, 0.29) is 23.0 Å². The van der Waals surface area contributed by atoms with Gasteiger partial charge in [0.15, 0.2) is 0 Å². The average Bonchev–Trinajstić information content (AvgIpc) is 3.02. The first-order valence-corrected chi connectivity index (χ1v) is 8.90. The Labute approximate surface area is 137 Å². The molecule has 2 bridgehead atoms. The van der Waals surface area contributed by atoms with E-state index in [2.05, 4.69) is 13.8 Å². The van der Waals surface area contributed by atoms with Gasteiger partial charge in [-0.1, -0.05) is 26.8 Å². The Morgan fingerprint density at radius 3 is 2.57 bits per heavy atom. The molecule has 3 fully saturated rings. The van der Waals surface area contributed by atoms with Crippen molar-refractivity contribution in [2.75, 3.05) is 0 Å². The summed E-state index contributed by atoms with van der Waals surface area (Å²) >= 11 is 0. The van der Waals surface area contributed by atoms with Gasteiger partial charge in [0.1, 0.15) is 17.5 Å². The standard InChI is InChI=1S/C19H28O4/c1-9-7-11-13-12(17(13,3)4)5-6-18(16(11)22)8-10(2)15(21)19(18,23)14(9)20/h7,10-15,20-21,23H,5-6,8H2,1-4H3. The minimum absolute atomic E-state index is 0.0531. The second-order valence-electron chi connectivity index (χ2n) is 9.23. The number of allylic oxidation sites excluding steroid dienone is 1. The molecule has 1 spiro atoms. The van der Waals surface area contributed by atoms with Crippen molar-refractivity contribution in [3.63, 3.8) is 0 Å². The molecule has 0 amide bonds. The molecule has 0 heterocycles. The topological polar surface area (TPSA) is 77.8 Å². The van der Waals surface area contributed by atoms with Crippen LogP contribution in [-0.2, 0) is 4.79 Å². The van der Waals surface area contributed by atoms with Crippen LogP contribution in [-0.4, -0.2) is 38.9 Å². The third-order valence-electron chi connectivity index (χ3n) is 7.90. The maximum atomic E-state index is 13.5. The molecule has 0 saturated heterocycles. The number of Topliss-reactive ketones (excluding diaryl/α,β-unsaturated/α-hetero) is 1. The van der Waals surface area contributed by atoms with Crippen LogP contribution in [0, 0.1) is 34.5 Å². The third kappa shape index (κ3) is 1.56. The van der Waals surface area contributed by atoms with Gasteiger partial charge in [0.2, 0.25) is 0 Å². The molecular weight excluding hydrogens is 292 g/mol. The van der Waals surface area contributed by atoms with E-state index >= 15 is 0 Å². The molecule has 128 valence electrons. The van der Waals surface area contributed by atoms with Gasteiger partial charge in [-0.05, 0) is 54.9 Å². The van der Waals surface area contributed by atoms with E-state index in [4.69, 9.17) is 0 Å². The third-order valence-corrected chi connectivity index (χ3v) is 7.90. The average molecular weight is 320 g/mol. The number of carbonyl (C=O) groups excluding carboxylic acids is 1. The van der Waals surface area contributed by atoms with E-state index in [9.17, 15) is 20.1 Å². The summed E-state index contributed by atoms with van der Waals surface area (Å²) in [6.45, 7) is 8.09. The Kier molecular flexibility index (Phi) is 2.93. The van der Waals surface area contributed by atoms with Crippen molar-refractivity contribution < 1.29 is 20.1 Å². The predicted octanol–water partition coefficient (Wildman–Crippen LogP) is 1.68. The summed E-state index contributed by atoms with van der Waals surface area (Å²) in [4.78, 5) is 13.5. The van der Waals surface area contributed by atoms with Crippen LogP contribution in [0.2, 0.25) is 0 Å². The van der Waals surface area contributed by atoms with Gasteiger partial charge in [0.25, 0.3) is 0 Å². The molecule has 3 saturated carbocycles. The van der Waals surface area contributed by atoms with Crippen molar-refractivity contribution in [1.82, 2.24) is 0 Å². The second kappa shape index (κ2) is 4.27. The Hall–Kier alpha value is -0.710. The first-order chi connectivity index (χ1) is 10.6. The van der Waals surface area contributed by atoms with Gasteiger partial charge >= 0.3 is 0 Å². The van der Waals surface area contributed by atoms with E-state index in [0.717, 1.165) is 6.42 Å². The van der Waals surface area contributed by atoms with Gasteiger partial charge in [-0.2, -0.15) is 0 Å². The van der Waals surface area contributed by atoms with Gasteiger partial charge in [-0.15, -0.1) is 0 Å². The summed E-state index contributed by atoms with van der Waals surface area (Å²) < 4.78 is 0. The smallest absolute Gasteiger partial charge is 0.149 e. The van der Waals surface area contributed by atoms with Crippen molar-refractivity contribution in [1.29, 1.82) is 0 Å². The summed E-state index contributed by atoms with van der Waals surface area (Å²) in [5.74, 6) is 0.419. The molecule has 0 aromatic heterocycles. The fraction of sp³-hybridized carbons (Fsp3) is 0.842. The van der Waals surface area contributed by atoms with E-state index in [1.165, 1.54) is 0 Å². The van der Waals surface area contributed by atoms with E-state index < -0.39 is 23.2 Å². The maximum absolute atomic E-state index is 13.5. The molecule has 4 heteroatoms. The molecule has 0 aliphatic heterocycles. The van der Waals surface area contributed by atoms with Crippen molar-refractivity contribution in [2.45, 2.75) is 64.8 Å². The van der Waals surface area contributed by atoms with Crippen LogP contribution in [0.15, 0.2) is 11.6 Å². The maximum Gasteiger partial charge on any atom is 0.149 e. The van der Waals surface area contributed by atoms with Crippen LogP contribution < -0.4 is 0 Å². The highest BCUT2D eigenvalue weighted by Gasteiger charge is 2.75. The van der Waals surface area contributed by atoms with E-state index in [0.29, 0.717) is 30.3 Å². The summed E-state index contributed by atoms with van der Waals surface area (Å²) in [6, 6.07) is 0. The van der Waals surface area contributed by atoms with Crippen LogP contribution >= 0.6 is 0 Å². The van der Waals surface area contributed by atoms with Gasteiger partial charge in [0, 0.05) is 5.92 Å². The molecule has 23 heavy (non-hydrogen) atoms. The highest BCUT2D eigenvalue weighted by molar-refractivity contribution is 5.92. The number of carbonyl (C=O) groups is 1. The van der Waals surface area contributed by atoms with Crippen LogP contribution in [0.25, 0.3) is 0 Å². The second-order valence-corrected chi connectivity index (χ2v) is 9.23. The lowest BCUT2D eigenvalue weighted by molar-refractivity contribution is -0.187. The number of rotatable bonds is 0. The van der Waals surface area contributed by atoms with Crippen LogP contribution in [0.3, 0.4) is 0 Å². The van der Waals surface area contributed by atoms with Crippen molar-refractivity contribution in [2.24, 2.45) is 34.5 Å². The number of ketones is 1. The predicted molar refractivity (Wildman–Crippen MR) is 85.4 cm³/mol. The Bertz CT molecular complexity index is 608. The number of fused-ring (bicyclic) bond motifs is 3. The van der Waals surface area contributed by atoms with E-state index in [1.807, 2.05) is 13.0 Å². The fourth-order valence-electron chi connectivity index (χ4n) is 6.52. The molecule has 4 rings (SSSR count). The number of hydrogen-bond acceptors (Lipinski definition) is 4. The Morgan fingerprint density at radius 1 is 1.26 bits per heavy atom. The van der Waals surface area contributed by atoms with Gasteiger partial charge in [-0.25, -0.2) is 0 Å². The minimum Gasteiger partial charge on any atom is -0.390 e. The molecule has 8 unspecified atom stereocenters. The number of aliphatic hydroxyl groups excluding tert-OH is 2. The molecule has 4 aliphatic carbocycles. The van der Waals surface area contributed by atoms with Crippen LogP contribution in [0.4, 0.5) is 0 Å². The first-order valence-electron chi connectivity index (χ1n) is 8.90. The van der Waals surface area contributed by atoms with Crippen LogP contribution in [0.1, 0.15) is 47.0 Å². The zero-order valence-electron chi connectivity index (χ0n) is 14.4. The lowest BCUT2D eigenvalue weighted by atomic mass is 9.63. The molecule has 4 aliphatic rings. The highest BCUT2D eigenvalue weighted by atomic mass is 16.4. The summed E-state index contributed by atoms with van der Waals surface area (Å²) in [7, 11) is 0. The fourth-order valence-corrected chi connectivity index (χ4v) is 6.52. The first kappa shape index (κ1) is 15.8. The minimum atomic E-state index is -1.75. The SMILES string of the molecule is CC1=CC2C(=O)C3(CCC4C2C4(C)C)CC(C)C(O)C3(O)C1O. The molecule has 0 radical (unpaired) electrons. The summed E-state index contributed by atoms with van der Waals surface area (Å²) in [6.07, 6.45) is 1.59. The Morgan fingerprint density at radius 2 is 1.91 bits per heavy atom. The molecule has 8 atom stereocenters. The van der Waals surface area contributed by atoms with Crippen molar-refractivity contribution >= 4 is 5.78 Å².